The van der Waals surface area contributed by atoms with Crippen molar-refractivity contribution < 1.29 is 9.53 Å². The molecule has 0 fully saturated rings. The summed E-state index contributed by atoms with van der Waals surface area (Å²) in [4.78, 5) is 16.5. The first kappa shape index (κ1) is 18.2. The van der Waals surface area contributed by atoms with Gasteiger partial charge in [-0.15, -0.1) is 0 Å². The molecular formula is C19H21ClN4O2. The zero-order valence-electron chi connectivity index (χ0n) is 14.5. The first-order valence-electron chi connectivity index (χ1n) is 8.39. The third-order valence-corrected chi connectivity index (χ3v) is 4.29. The number of fused-ring (bicyclic) bond motifs is 1. The minimum absolute atomic E-state index is 0.242. The van der Waals surface area contributed by atoms with Crippen LogP contribution >= 0.6 is 11.6 Å². The molecule has 6 nitrogen and oxygen atoms in total. The molecule has 0 aliphatic rings. The smallest absolute Gasteiger partial charge is 0.319 e. The summed E-state index contributed by atoms with van der Waals surface area (Å²) in [5.74, 6) is 0. The van der Waals surface area contributed by atoms with Crippen molar-refractivity contribution in [2.75, 3.05) is 25.6 Å². The average molecular weight is 373 g/mol. The number of anilines is 1. The number of aromatic nitrogens is 2. The topological polar surface area (TPSA) is 68.2 Å². The fraction of sp³-hybridized carbons (Fsp3) is 0.263. The molecule has 1 aromatic carbocycles. The van der Waals surface area contributed by atoms with Gasteiger partial charge in [0.25, 0.3) is 0 Å². The van der Waals surface area contributed by atoms with Crippen LogP contribution < -0.4 is 10.6 Å². The van der Waals surface area contributed by atoms with Crippen molar-refractivity contribution in [3.8, 4) is 0 Å². The molecule has 2 amide bonds. The van der Waals surface area contributed by atoms with E-state index in [0.717, 1.165) is 29.6 Å². The van der Waals surface area contributed by atoms with E-state index < -0.39 is 0 Å². The van der Waals surface area contributed by atoms with Gasteiger partial charge in [-0.25, -0.2) is 9.78 Å². The molecule has 7 heteroatoms. The second-order valence-electron chi connectivity index (χ2n) is 5.85. The highest BCUT2D eigenvalue weighted by Gasteiger charge is 2.09. The van der Waals surface area contributed by atoms with Crippen LogP contribution in [0.4, 0.5) is 10.5 Å². The lowest BCUT2D eigenvalue weighted by molar-refractivity contribution is 0.188. The maximum absolute atomic E-state index is 12.0. The molecule has 0 aliphatic heterocycles. The predicted octanol–water partition coefficient (Wildman–Crippen LogP) is 3.70. The van der Waals surface area contributed by atoms with Gasteiger partial charge in [0, 0.05) is 48.7 Å². The molecular weight excluding hydrogens is 352 g/mol. The van der Waals surface area contributed by atoms with Gasteiger partial charge < -0.3 is 19.9 Å². The molecule has 3 rings (SSSR count). The number of halogens is 1. The van der Waals surface area contributed by atoms with Crippen LogP contribution in [-0.2, 0) is 17.7 Å². The lowest BCUT2D eigenvalue weighted by Gasteiger charge is -2.07. The first-order valence-corrected chi connectivity index (χ1v) is 8.77. The average Bonchev–Trinajstić information content (AvgIpc) is 3.00. The van der Waals surface area contributed by atoms with E-state index in [1.807, 2.05) is 6.07 Å². The van der Waals surface area contributed by atoms with Crippen LogP contribution in [0.2, 0.25) is 5.02 Å². The highest BCUT2D eigenvalue weighted by Crippen LogP contribution is 2.19. The molecule has 2 heterocycles. The molecule has 2 aromatic heterocycles. The van der Waals surface area contributed by atoms with Crippen molar-refractivity contribution in [1.29, 1.82) is 0 Å². The maximum Gasteiger partial charge on any atom is 0.319 e. The van der Waals surface area contributed by atoms with E-state index in [-0.39, 0.29) is 6.03 Å². The summed E-state index contributed by atoms with van der Waals surface area (Å²) < 4.78 is 7.24. The van der Waals surface area contributed by atoms with Crippen LogP contribution in [-0.4, -0.2) is 35.8 Å². The second-order valence-corrected chi connectivity index (χ2v) is 6.29. The summed E-state index contributed by atoms with van der Waals surface area (Å²) in [6, 6.07) is 10.7. The normalized spacial score (nSPS) is 10.8. The van der Waals surface area contributed by atoms with Crippen molar-refractivity contribution in [2.24, 2.45) is 0 Å². The van der Waals surface area contributed by atoms with Gasteiger partial charge >= 0.3 is 6.03 Å². The molecule has 0 radical (unpaired) electrons. The Hall–Kier alpha value is -2.57. The van der Waals surface area contributed by atoms with Crippen LogP contribution in [0.3, 0.4) is 0 Å². The minimum Gasteiger partial charge on any atom is -0.383 e. The Labute approximate surface area is 157 Å². The highest BCUT2D eigenvalue weighted by molar-refractivity contribution is 6.30. The molecule has 2 N–H and O–H groups in total. The number of nitrogens with zero attached hydrogens (tertiary/aromatic N) is 2. The zero-order valence-corrected chi connectivity index (χ0v) is 15.3. The van der Waals surface area contributed by atoms with Gasteiger partial charge in [0.05, 0.1) is 6.61 Å². The number of hydrogen-bond donors (Lipinski definition) is 2. The van der Waals surface area contributed by atoms with Gasteiger partial charge in [-0.05, 0) is 48.4 Å². The summed E-state index contributed by atoms with van der Waals surface area (Å²) in [7, 11) is 1.68. The lowest BCUT2D eigenvalue weighted by atomic mass is 10.1. The number of pyridine rings is 1. The van der Waals surface area contributed by atoms with E-state index in [9.17, 15) is 4.79 Å². The van der Waals surface area contributed by atoms with Crippen molar-refractivity contribution in [3.05, 3.63) is 59.4 Å². The molecule has 0 atom stereocenters. The van der Waals surface area contributed by atoms with Gasteiger partial charge in [0.1, 0.15) is 5.65 Å². The lowest BCUT2D eigenvalue weighted by Crippen LogP contribution is -2.30. The SMILES string of the molecule is COCCn1cc(CCNC(=O)Nc2ccc(Cl)cc2)c2cccnc21. The van der Waals surface area contributed by atoms with Crippen LogP contribution in [0.25, 0.3) is 11.0 Å². The summed E-state index contributed by atoms with van der Waals surface area (Å²) in [6.07, 6.45) is 4.58. The number of amides is 2. The fourth-order valence-corrected chi connectivity index (χ4v) is 2.90. The standard InChI is InChI=1S/C19H21ClN4O2/c1-26-12-11-24-13-14(17-3-2-9-21-18(17)24)8-10-22-19(25)23-16-6-4-15(20)5-7-16/h2-7,9,13H,8,10-12H2,1H3,(H2,22,23,25). The molecule has 0 saturated carbocycles. The Morgan fingerprint density at radius 3 is 2.85 bits per heavy atom. The van der Waals surface area contributed by atoms with Crippen molar-refractivity contribution >= 4 is 34.4 Å². The number of ether oxygens (including phenoxy) is 1. The van der Waals surface area contributed by atoms with Crippen LogP contribution in [0.15, 0.2) is 48.8 Å². The maximum atomic E-state index is 12.0. The summed E-state index contributed by atoms with van der Waals surface area (Å²) in [5.41, 5.74) is 2.79. The van der Waals surface area contributed by atoms with E-state index in [4.69, 9.17) is 16.3 Å². The molecule has 136 valence electrons. The van der Waals surface area contributed by atoms with E-state index in [2.05, 4.69) is 32.4 Å². The Morgan fingerprint density at radius 1 is 1.27 bits per heavy atom. The molecule has 0 bridgehead atoms. The van der Waals surface area contributed by atoms with Gasteiger partial charge in [-0.2, -0.15) is 0 Å². The highest BCUT2D eigenvalue weighted by atomic mass is 35.5. The number of nitrogens with one attached hydrogen (secondary N) is 2. The third kappa shape index (κ3) is 4.53. The minimum atomic E-state index is -0.242. The van der Waals surface area contributed by atoms with E-state index in [1.165, 1.54) is 0 Å². The Kier molecular flexibility index (Phi) is 6.09. The van der Waals surface area contributed by atoms with Gasteiger partial charge in [0.2, 0.25) is 0 Å². The van der Waals surface area contributed by atoms with Crippen LogP contribution in [0.5, 0.6) is 0 Å². The van der Waals surface area contributed by atoms with E-state index in [1.54, 1.807) is 37.6 Å². The molecule has 3 aromatic rings. The first-order chi connectivity index (χ1) is 12.7. The summed E-state index contributed by atoms with van der Waals surface area (Å²) >= 11 is 5.84. The Balaban J connectivity index is 1.59. The second kappa shape index (κ2) is 8.69. The van der Waals surface area contributed by atoms with Crippen molar-refractivity contribution in [2.45, 2.75) is 13.0 Å². The molecule has 0 aliphatic carbocycles. The predicted molar refractivity (Wildman–Crippen MR) is 104 cm³/mol. The summed E-state index contributed by atoms with van der Waals surface area (Å²) in [6.45, 7) is 1.90. The molecule has 0 spiro atoms. The quantitative estimate of drug-likeness (QED) is 0.664. The van der Waals surface area contributed by atoms with E-state index >= 15 is 0 Å². The number of urea groups is 1. The Bertz CT molecular complexity index is 877. The largest absolute Gasteiger partial charge is 0.383 e. The number of carbonyl (C=O) groups excluding carboxylic acids is 1. The molecule has 0 saturated heterocycles. The zero-order chi connectivity index (χ0) is 18.4. The van der Waals surface area contributed by atoms with Crippen LogP contribution in [0.1, 0.15) is 5.56 Å². The monoisotopic (exact) mass is 372 g/mol. The number of carbonyl (C=O) groups is 1. The number of hydrogen-bond acceptors (Lipinski definition) is 3. The number of benzene rings is 1. The Morgan fingerprint density at radius 2 is 2.08 bits per heavy atom. The van der Waals surface area contributed by atoms with Crippen molar-refractivity contribution in [3.63, 3.8) is 0 Å². The molecule has 0 unspecified atom stereocenters. The fourth-order valence-electron chi connectivity index (χ4n) is 2.77. The van der Waals surface area contributed by atoms with Gasteiger partial charge in [-0.1, -0.05) is 11.6 Å². The summed E-state index contributed by atoms with van der Waals surface area (Å²) in [5, 5.41) is 7.39. The number of rotatable bonds is 7. The number of methoxy groups -OCH3 is 1. The van der Waals surface area contributed by atoms with Crippen molar-refractivity contribution in [1.82, 2.24) is 14.9 Å². The van der Waals surface area contributed by atoms with Gasteiger partial charge in [-0.3, -0.25) is 0 Å². The van der Waals surface area contributed by atoms with Gasteiger partial charge in [0.15, 0.2) is 0 Å². The third-order valence-electron chi connectivity index (χ3n) is 4.03. The van der Waals surface area contributed by atoms with E-state index in [0.29, 0.717) is 23.9 Å². The van der Waals surface area contributed by atoms with Crippen LogP contribution in [0, 0.1) is 0 Å². The molecule has 26 heavy (non-hydrogen) atoms.